The van der Waals surface area contributed by atoms with Crippen LogP contribution >= 0.6 is 0 Å². The van der Waals surface area contributed by atoms with Crippen LogP contribution < -0.4 is 27.4 Å². The van der Waals surface area contributed by atoms with Crippen molar-refractivity contribution >= 4 is 17.8 Å². The van der Waals surface area contributed by atoms with Crippen LogP contribution in [0.4, 0.5) is 9.18 Å². The summed E-state index contributed by atoms with van der Waals surface area (Å²) in [6.45, 7) is 0.652. The molecule has 0 heterocycles. The van der Waals surface area contributed by atoms with Crippen LogP contribution in [0, 0.1) is 0 Å². The first-order valence-electron chi connectivity index (χ1n) is 8.94. The lowest BCUT2D eigenvalue weighted by atomic mass is 10.1. The van der Waals surface area contributed by atoms with E-state index in [4.69, 9.17) is 16.2 Å². The highest BCUT2D eigenvalue weighted by Gasteiger charge is 2.24. The lowest BCUT2D eigenvalue weighted by molar-refractivity contribution is -0.129. The molecule has 0 saturated heterocycles. The molecule has 0 aromatic heterocycles. The number of halogens is 1. The van der Waals surface area contributed by atoms with E-state index < -0.39 is 42.8 Å². The van der Waals surface area contributed by atoms with Gasteiger partial charge in [-0.05, 0) is 31.9 Å². The van der Waals surface area contributed by atoms with E-state index in [2.05, 4.69) is 16.0 Å². The number of carbonyl (C=O) groups is 3. The number of Topliss-reactive ketones (excluding diaryl/α,β-unsaturated/α-hetero) is 1. The van der Waals surface area contributed by atoms with Crippen molar-refractivity contribution in [3.8, 4) is 0 Å². The number of carbonyl (C=O) groups excluding carboxylic acids is 3. The van der Waals surface area contributed by atoms with Gasteiger partial charge in [0.15, 0.2) is 5.78 Å². The molecule has 0 aliphatic heterocycles. The Balaban J connectivity index is 2.60. The van der Waals surface area contributed by atoms with Crippen LogP contribution in [0.5, 0.6) is 0 Å². The lowest BCUT2D eigenvalue weighted by Crippen LogP contribution is -2.51. The van der Waals surface area contributed by atoms with E-state index in [0.717, 1.165) is 5.56 Å². The largest absolute Gasteiger partial charge is 0.445 e. The van der Waals surface area contributed by atoms with Crippen LogP contribution in [-0.4, -0.2) is 49.4 Å². The zero-order valence-corrected chi connectivity index (χ0v) is 15.8. The summed E-state index contributed by atoms with van der Waals surface area (Å²) in [4.78, 5) is 35.8. The number of hydrogen-bond donors (Lipinski definition) is 5. The Morgan fingerprint density at radius 2 is 1.82 bits per heavy atom. The molecule has 0 aliphatic rings. The third kappa shape index (κ3) is 9.40. The van der Waals surface area contributed by atoms with Crippen molar-refractivity contribution in [2.45, 2.75) is 44.7 Å². The number of nitrogens with two attached hydrogens (primary N) is 2. The number of nitrogens with one attached hydrogen (secondary N) is 3. The number of alkyl carbamates (subject to hydrolysis) is 1. The fourth-order valence-electron chi connectivity index (χ4n) is 2.26. The van der Waals surface area contributed by atoms with Gasteiger partial charge in [0.1, 0.15) is 25.6 Å². The molecule has 0 aliphatic carbocycles. The van der Waals surface area contributed by atoms with Gasteiger partial charge < -0.3 is 26.8 Å². The van der Waals surface area contributed by atoms with Gasteiger partial charge in [-0.25, -0.2) is 9.18 Å². The molecule has 0 radical (unpaired) electrons. The number of hydrogen-bond acceptors (Lipinski definition) is 7. The van der Waals surface area contributed by atoms with Crippen LogP contribution in [0.15, 0.2) is 30.3 Å². The third-order valence-corrected chi connectivity index (χ3v) is 3.84. The fraction of sp³-hybridized carbons (Fsp3) is 0.500. The number of benzene rings is 1. The van der Waals surface area contributed by atoms with Crippen molar-refractivity contribution in [2.75, 3.05) is 13.2 Å². The molecule has 28 heavy (non-hydrogen) atoms. The predicted molar refractivity (Wildman–Crippen MR) is 102 cm³/mol. The van der Waals surface area contributed by atoms with Gasteiger partial charge >= 0.3 is 6.09 Å². The van der Waals surface area contributed by atoms with E-state index in [1.165, 1.54) is 6.92 Å². The Hall–Kier alpha value is -2.56. The summed E-state index contributed by atoms with van der Waals surface area (Å²) in [6.07, 6.45) is -0.772. The second kappa shape index (κ2) is 12.8. The number of ether oxygens (including phenoxy) is 1. The van der Waals surface area contributed by atoms with E-state index in [9.17, 15) is 18.8 Å². The Morgan fingerprint density at radius 3 is 2.43 bits per heavy atom. The molecule has 9 nitrogen and oxygen atoms in total. The SMILES string of the molecule is CC(NC(=O)[C@H](CCCNC(N)N)NC(=O)OCc1ccccc1)C(=O)CF. The molecule has 0 spiro atoms. The lowest BCUT2D eigenvalue weighted by Gasteiger charge is -2.20. The summed E-state index contributed by atoms with van der Waals surface area (Å²) >= 11 is 0. The molecule has 1 aromatic carbocycles. The molecule has 1 aromatic rings. The quantitative estimate of drug-likeness (QED) is 0.244. The van der Waals surface area contributed by atoms with Crippen LogP contribution in [0.1, 0.15) is 25.3 Å². The summed E-state index contributed by atoms with van der Waals surface area (Å²) in [7, 11) is 0. The van der Waals surface area contributed by atoms with Crippen molar-refractivity contribution in [3.63, 3.8) is 0 Å². The monoisotopic (exact) mass is 397 g/mol. The summed E-state index contributed by atoms with van der Waals surface area (Å²) in [5.41, 5.74) is 11.6. The topological polar surface area (TPSA) is 149 Å². The number of ketones is 1. The van der Waals surface area contributed by atoms with Crippen LogP contribution in [0.2, 0.25) is 0 Å². The minimum absolute atomic E-state index is 0.0430. The second-order valence-corrected chi connectivity index (χ2v) is 6.21. The Kier molecular flexibility index (Phi) is 10.7. The maximum atomic E-state index is 12.5. The van der Waals surface area contributed by atoms with Crippen molar-refractivity contribution in [1.29, 1.82) is 0 Å². The molecule has 1 rings (SSSR count). The van der Waals surface area contributed by atoms with Gasteiger partial charge in [-0.15, -0.1) is 0 Å². The highest BCUT2D eigenvalue weighted by Crippen LogP contribution is 2.03. The first-order chi connectivity index (χ1) is 13.3. The molecule has 1 unspecified atom stereocenters. The summed E-state index contributed by atoms with van der Waals surface area (Å²) in [6, 6.07) is 7.08. The van der Waals surface area contributed by atoms with E-state index in [1.54, 1.807) is 12.1 Å². The molecular formula is C18H28FN5O4. The highest BCUT2D eigenvalue weighted by molar-refractivity contribution is 5.92. The van der Waals surface area contributed by atoms with Crippen molar-refractivity contribution in [2.24, 2.45) is 11.5 Å². The summed E-state index contributed by atoms with van der Waals surface area (Å²) in [5.74, 6) is -1.36. The van der Waals surface area contributed by atoms with Crippen LogP contribution in [-0.2, 0) is 20.9 Å². The Morgan fingerprint density at radius 1 is 1.14 bits per heavy atom. The van der Waals surface area contributed by atoms with E-state index in [0.29, 0.717) is 13.0 Å². The molecular weight excluding hydrogens is 369 g/mol. The molecule has 10 heteroatoms. The molecule has 0 fully saturated rings. The van der Waals surface area contributed by atoms with Crippen molar-refractivity contribution in [1.82, 2.24) is 16.0 Å². The molecule has 2 amide bonds. The first kappa shape index (κ1) is 23.5. The fourth-order valence-corrected chi connectivity index (χ4v) is 2.26. The van der Waals surface area contributed by atoms with Gasteiger partial charge in [-0.2, -0.15) is 0 Å². The van der Waals surface area contributed by atoms with E-state index in [1.807, 2.05) is 18.2 Å². The normalized spacial score (nSPS) is 12.9. The number of amides is 2. The van der Waals surface area contributed by atoms with Crippen LogP contribution in [0.3, 0.4) is 0 Å². The first-order valence-corrected chi connectivity index (χ1v) is 8.94. The second-order valence-electron chi connectivity index (χ2n) is 6.21. The van der Waals surface area contributed by atoms with Crippen molar-refractivity contribution < 1.29 is 23.5 Å². The highest BCUT2D eigenvalue weighted by atomic mass is 19.1. The van der Waals surface area contributed by atoms with Crippen LogP contribution in [0.25, 0.3) is 0 Å². The average Bonchev–Trinajstić information content (AvgIpc) is 2.68. The molecule has 7 N–H and O–H groups in total. The summed E-state index contributed by atoms with van der Waals surface area (Å²) < 4.78 is 17.6. The van der Waals surface area contributed by atoms with E-state index in [-0.39, 0.29) is 13.0 Å². The zero-order valence-electron chi connectivity index (χ0n) is 15.8. The molecule has 0 saturated carbocycles. The third-order valence-electron chi connectivity index (χ3n) is 3.84. The average molecular weight is 397 g/mol. The Bertz CT molecular complexity index is 630. The minimum Gasteiger partial charge on any atom is -0.445 e. The molecule has 2 atom stereocenters. The van der Waals surface area contributed by atoms with Gasteiger partial charge in [-0.1, -0.05) is 30.3 Å². The standard InChI is InChI=1S/C18H28FN5O4/c1-12(15(25)10-19)23-16(26)14(8-5-9-22-17(20)21)24-18(27)28-11-13-6-3-2-4-7-13/h2-4,6-7,12,14,17,22H,5,8-11,20-21H2,1H3,(H,23,26)(H,24,27)/t12?,14-/m0/s1. The van der Waals surface area contributed by atoms with Gasteiger partial charge in [0.2, 0.25) is 5.91 Å². The van der Waals surface area contributed by atoms with E-state index >= 15 is 0 Å². The number of alkyl halides is 1. The Labute approximate surface area is 163 Å². The van der Waals surface area contributed by atoms with Gasteiger partial charge in [0, 0.05) is 0 Å². The molecule has 156 valence electrons. The molecule has 0 bridgehead atoms. The smallest absolute Gasteiger partial charge is 0.408 e. The predicted octanol–water partition coefficient (Wildman–Crippen LogP) is -0.104. The summed E-state index contributed by atoms with van der Waals surface area (Å²) in [5, 5.41) is 7.64. The zero-order chi connectivity index (χ0) is 20.9. The number of rotatable bonds is 12. The van der Waals surface area contributed by atoms with Crippen molar-refractivity contribution in [3.05, 3.63) is 35.9 Å². The van der Waals surface area contributed by atoms with Gasteiger partial charge in [0.25, 0.3) is 0 Å². The van der Waals surface area contributed by atoms with Gasteiger partial charge in [-0.3, -0.25) is 14.9 Å². The minimum atomic E-state index is -1.18. The van der Waals surface area contributed by atoms with Gasteiger partial charge in [0.05, 0.1) is 6.04 Å². The maximum absolute atomic E-state index is 12.5. The maximum Gasteiger partial charge on any atom is 0.408 e.